The molecule has 0 bridgehead atoms. The van der Waals surface area contributed by atoms with Crippen molar-refractivity contribution in [2.45, 2.75) is 75.7 Å². The molecule has 0 amide bonds. The zero-order chi connectivity index (χ0) is 28.6. The van der Waals surface area contributed by atoms with Gasteiger partial charge in [-0.05, 0) is 110 Å². The largest absolute Gasteiger partial charge is 0.493 e. The molecule has 3 atom stereocenters. The number of carboxylic acids is 1. The number of pyridine rings is 1. The van der Waals surface area contributed by atoms with E-state index in [1.54, 1.807) is 0 Å². The minimum atomic E-state index is -1.00. The Hall–Kier alpha value is -3.31. The molecule has 1 saturated carbocycles. The Kier molecular flexibility index (Phi) is 7.58. The van der Waals surface area contributed by atoms with Crippen molar-refractivity contribution < 1.29 is 14.6 Å². The summed E-state index contributed by atoms with van der Waals surface area (Å²) in [7, 11) is 0. The monoisotopic (exact) mass is 570 g/mol. The first-order chi connectivity index (χ1) is 19.8. The number of carbonyl (C=O) groups is 1. The fourth-order valence-electron chi connectivity index (χ4n) is 7.72. The number of nitrogens with zero attached hydrogens (tertiary/aromatic N) is 1. The highest BCUT2D eigenvalue weighted by Crippen LogP contribution is 2.56. The molecule has 3 aromatic rings. The van der Waals surface area contributed by atoms with Crippen LogP contribution in [-0.4, -0.2) is 28.2 Å². The van der Waals surface area contributed by atoms with E-state index in [9.17, 15) is 9.90 Å². The molecule has 1 spiro atoms. The number of carboxylic acid groups (broad SMARTS) is 1. The first-order valence-electron chi connectivity index (χ1n) is 14.9. The van der Waals surface area contributed by atoms with Gasteiger partial charge in [0.05, 0.1) is 12.3 Å². The number of benzene rings is 2. The van der Waals surface area contributed by atoms with Gasteiger partial charge in [-0.3, -0.25) is 4.98 Å². The molecule has 0 radical (unpaired) electrons. The quantitative estimate of drug-likeness (QED) is 0.285. The molecule has 1 heterocycles. The molecule has 2 N–H and O–H groups in total. The van der Waals surface area contributed by atoms with Crippen molar-refractivity contribution in [2.24, 2.45) is 11.8 Å². The number of anilines is 1. The molecular formula is C35H39ClN2O3. The Morgan fingerprint density at radius 2 is 1.95 bits per heavy atom. The van der Waals surface area contributed by atoms with Gasteiger partial charge in [-0.15, -0.1) is 0 Å². The van der Waals surface area contributed by atoms with E-state index in [1.807, 2.05) is 36.5 Å². The van der Waals surface area contributed by atoms with Crippen LogP contribution in [0, 0.1) is 11.8 Å². The van der Waals surface area contributed by atoms with Crippen LogP contribution < -0.4 is 10.1 Å². The molecule has 5 nitrogen and oxygen atoms in total. The van der Waals surface area contributed by atoms with Crippen LogP contribution in [0.15, 0.2) is 66.9 Å². The summed E-state index contributed by atoms with van der Waals surface area (Å²) in [4.78, 5) is 17.3. The van der Waals surface area contributed by atoms with Crippen LogP contribution in [0.3, 0.4) is 0 Å². The Labute approximate surface area is 248 Å². The van der Waals surface area contributed by atoms with Crippen molar-refractivity contribution >= 4 is 29.3 Å². The molecule has 0 aliphatic heterocycles. The van der Waals surface area contributed by atoms with Gasteiger partial charge in [-0.2, -0.15) is 0 Å². The minimum Gasteiger partial charge on any atom is -0.493 e. The smallest absolute Gasteiger partial charge is 0.329 e. The Morgan fingerprint density at radius 3 is 2.73 bits per heavy atom. The van der Waals surface area contributed by atoms with E-state index in [1.165, 1.54) is 16.7 Å². The predicted octanol–water partition coefficient (Wildman–Crippen LogP) is 8.28. The van der Waals surface area contributed by atoms with Gasteiger partial charge in [0.15, 0.2) is 0 Å². The van der Waals surface area contributed by atoms with Crippen LogP contribution in [-0.2, 0) is 16.6 Å². The van der Waals surface area contributed by atoms with E-state index >= 15 is 0 Å². The van der Waals surface area contributed by atoms with Crippen LogP contribution in [0.1, 0.15) is 80.7 Å². The van der Waals surface area contributed by atoms with Crippen molar-refractivity contribution in [3.8, 4) is 5.75 Å². The SMILES string of the molecule is C[C@@H](COc1ccnc2c1[C@H](C)CC=C2)CC1Cc2ccccc2C12CCC(Nc1cccc(Cl)c1)(C(=O)O)CC2. The first kappa shape index (κ1) is 27.8. The predicted molar refractivity (Wildman–Crippen MR) is 165 cm³/mol. The number of halogens is 1. The number of fused-ring (bicyclic) bond motifs is 3. The molecule has 2 aromatic carbocycles. The van der Waals surface area contributed by atoms with Crippen LogP contribution >= 0.6 is 11.6 Å². The van der Waals surface area contributed by atoms with Crippen LogP contribution in [0.25, 0.3) is 6.08 Å². The molecule has 6 rings (SSSR count). The highest BCUT2D eigenvalue weighted by Gasteiger charge is 2.54. The lowest BCUT2D eigenvalue weighted by molar-refractivity contribution is -0.144. The van der Waals surface area contributed by atoms with Gasteiger partial charge in [0.1, 0.15) is 11.3 Å². The second-order valence-electron chi connectivity index (χ2n) is 12.5. The van der Waals surface area contributed by atoms with E-state index in [4.69, 9.17) is 16.3 Å². The van der Waals surface area contributed by atoms with Crippen LogP contribution in [0.2, 0.25) is 5.02 Å². The molecule has 214 valence electrons. The molecular weight excluding hydrogens is 532 g/mol. The summed E-state index contributed by atoms with van der Waals surface area (Å²) < 4.78 is 6.47. The van der Waals surface area contributed by atoms with Gasteiger partial charge >= 0.3 is 5.97 Å². The number of aliphatic carboxylic acids is 1. The Balaban J connectivity index is 1.19. The highest BCUT2D eigenvalue weighted by molar-refractivity contribution is 6.30. The number of hydrogen-bond acceptors (Lipinski definition) is 4. The van der Waals surface area contributed by atoms with Crippen LogP contribution in [0.5, 0.6) is 5.75 Å². The van der Waals surface area contributed by atoms with E-state index in [-0.39, 0.29) is 5.41 Å². The Morgan fingerprint density at radius 1 is 1.15 bits per heavy atom. The fourth-order valence-corrected chi connectivity index (χ4v) is 7.91. The third-order valence-corrected chi connectivity index (χ3v) is 10.1. The lowest BCUT2D eigenvalue weighted by atomic mass is 9.59. The molecule has 3 aliphatic carbocycles. The fraction of sp³-hybridized carbons (Fsp3) is 0.429. The van der Waals surface area contributed by atoms with Gasteiger partial charge < -0.3 is 15.2 Å². The molecule has 41 heavy (non-hydrogen) atoms. The first-order valence-corrected chi connectivity index (χ1v) is 15.3. The number of allylic oxidation sites excluding steroid dienone is 1. The summed E-state index contributed by atoms with van der Waals surface area (Å²) in [6.45, 7) is 5.19. The minimum absolute atomic E-state index is 0.0189. The summed E-state index contributed by atoms with van der Waals surface area (Å²) in [5.41, 5.74) is 4.82. The van der Waals surface area contributed by atoms with E-state index in [0.29, 0.717) is 42.2 Å². The number of hydrogen-bond donors (Lipinski definition) is 2. The topological polar surface area (TPSA) is 71.5 Å². The molecule has 1 fully saturated rings. The summed E-state index contributed by atoms with van der Waals surface area (Å²) in [5, 5.41) is 14.4. The molecule has 1 aromatic heterocycles. The normalized spacial score (nSPS) is 27.2. The van der Waals surface area contributed by atoms with Crippen molar-refractivity contribution in [1.82, 2.24) is 4.98 Å². The third-order valence-electron chi connectivity index (χ3n) is 9.86. The summed E-state index contributed by atoms with van der Waals surface area (Å²) in [6, 6.07) is 18.2. The number of rotatable bonds is 8. The average Bonchev–Trinajstić information content (AvgIpc) is 3.25. The summed E-state index contributed by atoms with van der Waals surface area (Å²) >= 11 is 6.21. The van der Waals surface area contributed by atoms with Crippen molar-refractivity contribution in [1.29, 1.82) is 0 Å². The maximum Gasteiger partial charge on any atom is 0.329 e. The van der Waals surface area contributed by atoms with E-state index in [0.717, 1.165) is 49.2 Å². The second-order valence-corrected chi connectivity index (χ2v) is 13.0. The zero-order valence-electron chi connectivity index (χ0n) is 23.9. The second kappa shape index (κ2) is 11.2. The van der Waals surface area contributed by atoms with Gasteiger partial charge in [0.25, 0.3) is 0 Å². The highest BCUT2D eigenvalue weighted by atomic mass is 35.5. The third kappa shape index (κ3) is 5.25. The van der Waals surface area contributed by atoms with Gasteiger partial charge in [-0.25, -0.2) is 4.79 Å². The van der Waals surface area contributed by atoms with Crippen molar-refractivity contribution in [3.05, 3.63) is 94.3 Å². The summed E-state index contributed by atoms with van der Waals surface area (Å²) in [5.74, 6) is 1.38. The average molecular weight is 571 g/mol. The van der Waals surface area contributed by atoms with Gasteiger partial charge in [0.2, 0.25) is 0 Å². The van der Waals surface area contributed by atoms with E-state index < -0.39 is 11.5 Å². The lowest BCUT2D eigenvalue weighted by Gasteiger charge is -2.47. The van der Waals surface area contributed by atoms with E-state index in [2.05, 4.69) is 60.6 Å². The zero-order valence-corrected chi connectivity index (χ0v) is 24.7. The maximum absolute atomic E-state index is 12.7. The molecule has 0 saturated heterocycles. The van der Waals surface area contributed by atoms with Gasteiger partial charge in [-0.1, -0.05) is 61.9 Å². The Bertz CT molecular complexity index is 1460. The maximum atomic E-state index is 12.7. The lowest BCUT2D eigenvalue weighted by Crippen LogP contribution is -2.53. The number of nitrogens with one attached hydrogen (secondary N) is 1. The molecule has 6 heteroatoms. The molecule has 3 aliphatic rings. The summed E-state index contributed by atoms with van der Waals surface area (Å²) in [6.07, 6.45) is 12.0. The van der Waals surface area contributed by atoms with Crippen molar-refractivity contribution in [2.75, 3.05) is 11.9 Å². The molecule has 1 unspecified atom stereocenters. The number of aromatic nitrogens is 1. The number of ether oxygens (including phenoxy) is 1. The van der Waals surface area contributed by atoms with Crippen LogP contribution in [0.4, 0.5) is 5.69 Å². The standard InChI is InChI=1S/C35H39ClN2O3/c1-23(22-41-31-13-18-37-30-12-5-7-24(2)32(30)31)19-26-20-25-8-3-4-11-29(25)34(26)14-16-35(17-15-34,33(39)40)38-28-10-6-9-27(36)21-28/h3-6,8-13,18,21,23-24,26,38H,7,14-17,19-20,22H2,1-2H3,(H,39,40)/t23-,24-,26?,34?,35?/m1/s1. The van der Waals surface area contributed by atoms with Crippen molar-refractivity contribution in [3.63, 3.8) is 0 Å². The van der Waals surface area contributed by atoms with Gasteiger partial charge in [0, 0.05) is 22.5 Å².